The molecule has 0 aliphatic carbocycles. The first-order valence-electron chi connectivity index (χ1n) is 9.12. The molecule has 1 saturated heterocycles. The summed E-state index contributed by atoms with van der Waals surface area (Å²) in [6.07, 6.45) is 4.51. The molecular formula is C20H26ClN3O3. The average molecular weight is 392 g/mol. The lowest BCUT2D eigenvalue weighted by Gasteiger charge is -2.15. The van der Waals surface area contributed by atoms with Gasteiger partial charge in [0.1, 0.15) is 0 Å². The van der Waals surface area contributed by atoms with Crippen LogP contribution in [-0.4, -0.2) is 30.1 Å². The number of nitrogens with one attached hydrogen (secondary N) is 2. The first kappa shape index (κ1) is 21.0. The predicted molar refractivity (Wildman–Crippen MR) is 107 cm³/mol. The van der Waals surface area contributed by atoms with Crippen LogP contribution in [0.15, 0.2) is 42.6 Å². The largest absolute Gasteiger partial charge is 0.490 e. The second-order valence-corrected chi connectivity index (χ2v) is 6.23. The van der Waals surface area contributed by atoms with Crippen LogP contribution in [0.4, 0.5) is 0 Å². The molecule has 2 aromatic rings. The molecule has 1 aromatic carbocycles. The SMILES string of the molecule is CCCOc1ccccc1Oc1ncccc1CNC(=O)C1CCCN1.Cl. The fraction of sp³-hybridized carbons (Fsp3) is 0.400. The Kier molecular flexibility index (Phi) is 8.36. The van der Waals surface area contributed by atoms with E-state index < -0.39 is 0 Å². The lowest BCUT2D eigenvalue weighted by atomic mass is 10.2. The lowest BCUT2D eigenvalue weighted by Crippen LogP contribution is -2.40. The van der Waals surface area contributed by atoms with Crippen LogP contribution in [0, 0.1) is 0 Å². The smallest absolute Gasteiger partial charge is 0.237 e. The molecule has 1 aromatic heterocycles. The molecule has 1 atom stereocenters. The summed E-state index contributed by atoms with van der Waals surface area (Å²) in [5, 5.41) is 6.16. The summed E-state index contributed by atoms with van der Waals surface area (Å²) in [6, 6.07) is 11.2. The maximum atomic E-state index is 12.2. The molecule has 27 heavy (non-hydrogen) atoms. The first-order valence-corrected chi connectivity index (χ1v) is 9.12. The van der Waals surface area contributed by atoms with Gasteiger partial charge in [-0.2, -0.15) is 0 Å². The monoisotopic (exact) mass is 391 g/mol. The number of ether oxygens (including phenoxy) is 2. The van der Waals surface area contributed by atoms with E-state index in [-0.39, 0.29) is 24.4 Å². The summed E-state index contributed by atoms with van der Waals surface area (Å²) >= 11 is 0. The van der Waals surface area contributed by atoms with Crippen molar-refractivity contribution in [3.8, 4) is 17.4 Å². The second-order valence-electron chi connectivity index (χ2n) is 6.23. The second kappa shape index (κ2) is 10.7. The molecule has 1 aliphatic rings. The van der Waals surface area contributed by atoms with Gasteiger partial charge in [-0.3, -0.25) is 4.79 Å². The van der Waals surface area contributed by atoms with Crippen molar-refractivity contribution in [1.82, 2.24) is 15.6 Å². The third-order valence-electron chi connectivity index (χ3n) is 4.20. The topological polar surface area (TPSA) is 72.5 Å². The van der Waals surface area contributed by atoms with Gasteiger partial charge < -0.3 is 20.1 Å². The number of para-hydroxylation sites is 2. The fourth-order valence-corrected chi connectivity index (χ4v) is 2.83. The minimum Gasteiger partial charge on any atom is -0.490 e. The molecule has 1 unspecified atom stereocenters. The van der Waals surface area contributed by atoms with Crippen molar-refractivity contribution in [1.29, 1.82) is 0 Å². The molecule has 7 heteroatoms. The molecule has 0 radical (unpaired) electrons. The Labute approximate surface area is 166 Å². The van der Waals surface area contributed by atoms with E-state index in [1.807, 2.05) is 36.4 Å². The average Bonchev–Trinajstić information content (AvgIpc) is 3.21. The van der Waals surface area contributed by atoms with Crippen molar-refractivity contribution in [3.05, 3.63) is 48.2 Å². The van der Waals surface area contributed by atoms with Gasteiger partial charge in [-0.05, 0) is 44.0 Å². The van der Waals surface area contributed by atoms with E-state index in [9.17, 15) is 4.79 Å². The number of hydrogen-bond acceptors (Lipinski definition) is 5. The number of pyridine rings is 1. The van der Waals surface area contributed by atoms with Crippen LogP contribution in [0.3, 0.4) is 0 Å². The summed E-state index contributed by atoms with van der Waals surface area (Å²) in [6.45, 7) is 3.95. The fourth-order valence-electron chi connectivity index (χ4n) is 2.83. The van der Waals surface area contributed by atoms with E-state index in [0.29, 0.717) is 30.5 Å². The van der Waals surface area contributed by atoms with Gasteiger partial charge in [-0.15, -0.1) is 12.4 Å². The number of hydrogen-bond donors (Lipinski definition) is 2. The predicted octanol–water partition coefficient (Wildman–Crippen LogP) is 3.45. The molecule has 0 saturated carbocycles. The quantitative estimate of drug-likeness (QED) is 0.721. The molecule has 2 N–H and O–H groups in total. The van der Waals surface area contributed by atoms with Gasteiger partial charge in [-0.25, -0.2) is 4.98 Å². The van der Waals surface area contributed by atoms with Crippen molar-refractivity contribution in [2.75, 3.05) is 13.2 Å². The summed E-state index contributed by atoms with van der Waals surface area (Å²) in [5.74, 6) is 1.79. The minimum absolute atomic E-state index is 0. The van der Waals surface area contributed by atoms with Gasteiger partial charge in [0.15, 0.2) is 11.5 Å². The molecule has 2 heterocycles. The Balaban J connectivity index is 0.00000261. The van der Waals surface area contributed by atoms with E-state index in [4.69, 9.17) is 9.47 Å². The molecule has 1 fully saturated rings. The molecule has 1 aliphatic heterocycles. The van der Waals surface area contributed by atoms with Crippen molar-refractivity contribution in [3.63, 3.8) is 0 Å². The van der Waals surface area contributed by atoms with E-state index >= 15 is 0 Å². The summed E-state index contributed by atoms with van der Waals surface area (Å²) in [7, 11) is 0. The zero-order valence-electron chi connectivity index (χ0n) is 15.4. The van der Waals surface area contributed by atoms with Gasteiger partial charge >= 0.3 is 0 Å². The summed E-state index contributed by atoms with van der Waals surface area (Å²) in [5.41, 5.74) is 0.823. The third-order valence-corrected chi connectivity index (χ3v) is 4.20. The van der Waals surface area contributed by atoms with E-state index in [0.717, 1.165) is 31.4 Å². The Bertz CT molecular complexity index is 736. The molecule has 1 amide bonds. The number of halogens is 1. The van der Waals surface area contributed by atoms with Gasteiger partial charge in [0.2, 0.25) is 11.8 Å². The number of aromatic nitrogens is 1. The molecule has 0 spiro atoms. The Morgan fingerprint density at radius 1 is 1.26 bits per heavy atom. The van der Waals surface area contributed by atoms with Gasteiger partial charge in [-0.1, -0.05) is 25.1 Å². The molecule has 6 nitrogen and oxygen atoms in total. The number of benzene rings is 1. The third kappa shape index (κ3) is 5.84. The Morgan fingerprint density at radius 2 is 2.07 bits per heavy atom. The van der Waals surface area contributed by atoms with Crippen LogP contribution in [0.5, 0.6) is 17.4 Å². The van der Waals surface area contributed by atoms with Crippen molar-refractivity contribution in [2.24, 2.45) is 0 Å². The highest BCUT2D eigenvalue weighted by atomic mass is 35.5. The summed E-state index contributed by atoms with van der Waals surface area (Å²) in [4.78, 5) is 16.5. The van der Waals surface area contributed by atoms with Crippen molar-refractivity contribution in [2.45, 2.75) is 38.8 Å². The van der Waals surface area contributed by atoms with Crippen molar-refractivity contribution < 1.29 is 14.3 Å². The van der Waals surface area contributed by atoms with Crippen LogP contribution in [0.25, 0.3) is 0 Å². The number of carbonyl (C=O) groups excluding carboxylic acids is 1. The van der Waals surface area contributed by atoms with Gasteiger partial charge in [0.25, 0.3) is 0 Å². The lowest BCUT2D eigenvalue weighted by molar-refractivity contribution is -0.122. The number of nitrogens with zero attached hydrogens (tertiary/aromatic N) is 1. The molecule has 0 bridgehead atoms. The van der Waals surface area contributed by atoms with Gasteiger partial charge in [0.05, 0.1) is 12.6 Å². The standard InChI is InChI=1S/C20H25N3O3.ClH/c1-2-13-25-17-9-3-4-10-18(17)26-20-15(7-5-12-22-20)14-23-19(24)16-8-6-11-21-16;/h3-5,7,9-10,12,16,21H,2,6,8,11,13-14H2,1H3,(H,23,24);1H. The van der Waals surface area contributed by atoms with E-state index in [2.05, 4.69) is 22.5 Å². The van der Waals surface area contributed by atoms with E-state index in [1.165, 1.54) is 0 Å². The van der Waals surface area contributed by atoms with Crippen LogP contribution in [-0.2, 0) is 11.3 Å². The summed E-state index contributed by atoms with van der Waals surface area (Å²) < 4.78 is 11.7. The zero-order chi connectivity index (χ0) is 18.2. The Morgan fingerprint density at radius 3 is 2.81 bits per heavy atom. The number of amides is 1. The maximum Gasteiger partial charge on any atom is 0.237 e. The maximum absolute atomic E-state index is 12.2. The van der Waals surface area contributed by atoms with E-state index in [1.54, 1.807) is 6.20 Å². The zero-order valence-corrected chi connectivity index (χ0v) is 16.3. The highest BCUT2D eigenvalue weighted by molar-refractivity contribution is 5.85. The van der Waals surface area contributed by atoms with Crippen LogP contribution in [0.1, 0.15) is 31.7 Å². The highest BCUT2D eigenvalue weighted by Gasteiger charge is 2.22. The molecule has 146 valence electrons. The van der Waals surface area contributed by atoms with Crippen LogP contribution >= 0.6 is 12.4 Å². The molecular weight excluding hydrogens is 366 g/mol. The highest BCUT2D eigenvalue weighted by Crippen LogP contribution is 2.31. The Hall–Kier alpha value is -2.31. The van der Waals surface area contributed by atoms with Crippen molar-refractivity contribution >= 4 is 18.3 Å². The number of rotatable bonds is 8. The number of carbonyl (C=O) groups is 1. The normalized spacial score (nSPS) is 15.7. The minimum atomic E-state index is -0.0980. The van der Waals surface area contributed by atoms with Crippen LogP contribution in [0.2, 0.25) is 0 Å². The first-order chi connectivity index (χ1) is 12.8. The van der Waals surface area contributed by atoms with Gasteiger partial charge in [0, 0.05) is 18.3 Å². The van der Waals surface area contributed by atoms with Crippen LogP contribution < -0.4 is 20.1 Å². The molecule has 3 rings (SSSR count).